The molecule has 0 aromatic carbocycles. The second-order valence-corrected chi connectivity index (χ2v) is 6.29. The van der Waals surface area contributed by atoms with Crippen molar-refractivity contribution in [3.05, 3.63) is 0 Å². The van der Waals surface area contributed by atoms with Crippen molar-refractivity contribution < 1.29 is 14.7 Å². The number of carboxylic acid groups (broad SMARTS) is 1. The largest absolute Gasteiger partial charge is 0.481 e. The molecule has 4 nitrogen and oxygen atoms in total. The van der Waals surface area contributed by atoms with Gasteiger partial charge in [-0.2, -0.15) is 0 Å². The molecule has 0 bridgehead atoms. The number of carbonyl (C=O) groups is 2. The number of nitrogens with one attached hydrogen (secondary N) is 1. The van der Waals surface area contributed by atoms with Crippen LogP contribution >= 0.6 is 11.8 Å². The van der Waals surface area contributed by atoms with Crippen molar-refractivity contribution in [2.45, 2.75) is 34.1 Å². The number of rotatable bonds is 8. The van der Waals surface area contributed by atoms with Crippen molar-refractivity contribution in [3.8, 4) is 0 Å². The molecule has 0 aliphatic rings. The summed E-state index contributed by atoms with van der Waals surface area (Å²) >= 11 is 1.31. The Kier molecular flexibility index (Phi) is 7.27. The zero-order chi connectivity index (χ0) is 13.5. The molecule has 0 rings (SSSR count). The Morgan fingerprint density at radius 1 is 1.35 bits per heavy atom. The van der Waals surface area contributed by atoms with Gasteiger partial charge in [0.2, 0.25) is 5.91 Å². The van der Waals surface area contributed by atoms with Gasteiger partial charge in [-0.3, -0.25) is 9.59 Å². The third-order valence-corrected chi connectivity index (χ3v) is 3.23. The van der Waals surface area contributed by atoms with E-state index in [0.29, 0.717) is 18.2 Å². The second kappa shape index (κ2) is 7.58. The Morgan fingerprint density at radius 3 is 2.41 bits per heavy atom. The predicted octanol–water partition coefficient (Wildman–Crippen LogP) is 1.99. The van der Waals surface area contributed by atoms with Crippen molar-refractivity contribution in [3.63, 3.8) is 0 Å². The number of thioether (sulfide) groups is 1. The Morgan fingerprint density at radius 2 is 1.94 bits per heavy atom. The lowest BCUT2D eigenvalue weighted by Gasteiger charge is -2.25. The van der Waals surface area contributed by atoms with E-state index < -0.39 is 5.97 Å². The van der Waals surface area contributed by atoms with Crippen molar-refractivity contribution >= 4 is 23.6 Å². The number of aliphatic carboxylic acids is 1. The minimum Gasteiger partial charge on any atom is -0.481 e. The number of carbonyl (C=O) groups excluding carboxylic acids is 1. The van der Waals surface area contributed by atoms with E-state index in [1.807, 2.05) is 13.8 Å². The Hall–Kier alpha value is -0.710. The quantitative estimate of drug-likeness (QED) is 0.656. The normalized spacial score (nSPS) is 11.6. The lowest BCUT2D eigenvalue weighted by molar-refractivity contribution is -0.134. The highest BCUT2D eigenvalue weighted by atomic mass is 32.2. The summed E-state index contributed by atoms with van der Waals surface area (Å²) in [6.07, 6.45) is 0.848. The second-order valence-electron chi connectivity index (χ2n) is 5.18. The minimum atomic E-state index is -0.818. The number of hydrogen-bond acceptors (Lipinski definition) is 3. The third-order valence-electron chi connectivity index (χ3n) is 2.29. The van der Waals surface area contributed by atoms with Crippen LogP contribution in [0.2, 0.25) is 0 Å². The molecule has 0 spiro atoms. The maximum atomic E-state index is 11.9. The SMILES string of the molecule is CC(C)CC(C)(C)C(=O)NCCSCC(=O)O. The molecule has 5 heteroatoms. The van der Waals surface area contributed by atoms with Crippen molar-refractivity contribution in [2.24, 2.45) is 11.3 Å². The topological polar surface area (TPSA) is 66.4 Å². The van der Waals surface area contributed by atoms with Crippen LogP contribution in [-0.4, -0.2) is 35.0 Å². The summed E-state index contributed by atoms with van der Waals surface area (Å²) in [5.74, 6) is 0.432. The molecule has 1 amide bonds. The van der Waals surface area contributed by atoms with Crippen molar-refractivity contribution in [1.29, 1.82) is 0 Å². The van der Waals surface area contributed by atoms with Gasteiger partial charge in [0.05, 0.1) is 5.75 Å². The fourth-order valence-electron chi connectivity index (χ4n) is 1.75. The van der Waals surface area contributed by atoms with Crippen LogP contribution in [0.25, 0.3) is 0 Å². The zero-order valence-electron chi connectivity index (χ0n) is 11.1. The average molecular weight is 261 g/mol. The molecule has 2 N–H and O–H groups in total. The van der Waals surface area contributed by atoms with Crippen LogP contribution in [0.1, 0.15) is 34.1 Å². The monoisotopic (exact) mass is 261 g/mol. The highest BCUT2D eigenvalue weighted by molar-refractivity contribution is 7.99. The van der Waals surface area contributed by atoms with Crippen LogP contribution in [0.4, 0.5) is 0 Å². The summed E-state index contributed by atoms with van der Waals surface area (Å²) in [6.45, 7) is 8.59. The van der Waals surface area contributed by atoms with E-state index in [9.17, 15) is 9.59 Å². The maximum absolute atomic E-state index is 11.9. The van der Waals surface area contributed by atoms with Gasteiger partial charge in [-0.15, -0.1) is 11.8 Å². The van der Waals surface area contributed by atoms with Gasteiger partial charge in [-0.05, 0) is 12.3 Å². The fourth-order valence-corrected chi connectivity index (χ4v) is 2.31. The first-order valence-electron chi connectivity index (χ1n) is 5.83. The van der Waals surface area contributed by atoms with Gasteiger partial charge < -0.3 is 10.4 Å². The smallest absolute Gasteiger partial charge is 0.313 e. The van der Waals surface area contributed by atoms with Crippen LogP contribution in [0, 0.1) is 11.3 Å². The third kappa shape index (κ3) is 8.07. The highest BCUT2D eigenvalue weighted by Gasteiger charge is 2.27. The first kappa shape index (κ1) is 16.3. The summed E-state index contributed by atoms with van der Waals surface area (Å²) < 4.78 is 0. The molecule has 0 unspecified atom stereocenters. The van der Waals surface area contributed by atoms with Gasteiger partial charge >= 0.3 is 5.97 Å². The molecule has 0 radical (unpaired) electrons. The lowest BCUT2D eigenvalue weighted by atomic mass is 9.83. The van der Waals surface area contributed by atoms with Crippen LogP contribution < -0.4 is 5.32 Å². The molecule has 0 atom stereocenters. The van der Waals surface area contributed by atoms with Crippen molar-refractivity contribution in [2.75, 3.05) is 18.1 Å². The summed E-state index contributed by atoms with van der Waals surface area (Å²) in [4.78, 5) is 22.1. The Balaban J connectivity index is 3.81. The standard InChI is InChI=1S/C12H23NO3S/c1-9(2)7-12(3,4)11(16)13-5-6-17-8-10(14)15/h9H,5-8H2,1-4H3,(H,13,16)(H,14,15). The predicted molar refractivity (Wildman–Crippen MR) is 71.2 cm³/mol. The molecule has 100 valence electrons. The highest BCUT2D eigenvalue weighted by Crippen LogP contribution is 2.25. The molecular formula is C12H23NO3S. The van der Waals surface area contributed by atoms with Gasteiger partial charge in [0.25, 0.3) is 0 Å². The molecule has 17 heavy (non-hydrogen) atoms. The summed E-state index contributed by atoms with van der Waals surface area (Å²) in [5, 5.41) is 11.3. The van der Waals surface area contributed by atoms with Gasteiger partial charge in [0, 0.05) is 17.7 Å². The first-order valence-corrected chi connectivity index (χ1v) is 6.99. The molecule has 0 fully saturated rings. The van der Waals surface area contributed by atoms with Gasteiger partial charge in [0.1, 0.15) is 0 Å². The van der Waals surface area contributed by atoms with Gasteiger partial charge in [-0.1, -0.05) is 27.7 Å². The molecule has 0 aromatic rings. The van der Waals surface area contributed by atoms with Crippen LogP contribution in [0.3, 0.4) is 0 Å². The van der Waals surface area contributed by atoms with Crippen LogP contribution in [-0.2, 0) is 9.59 Å². The van der Waals surface area contributed by atoms with E-state index in [-0.39, 0.29) is 17.1 Å². The molecule has 0 aliphatic carbocycles. The molecular weight excluding hydrogens is 238 g/mol. The van der Waals surface area contributed by atoms with E-state index in [4.69, 9.17) is 5.11 Å². The van der Waals surface area contributed by atoms with Crippen LogP contribution in [0.5, 0.6) is 0 Å². The summed E-state index contributed by atoms with van der Waals surface area (Å²) in [7, 11) is 0. The Labute approximate surface area is 108 Å². The molecule has 0 saturated carbocycles. The van der Waals surface area contributed by atoms with Crippen molar-refractivity contribution in [1.82, 2.24) is 5.32 Å². The summed E-state index contributed by atoms with van der Waals surface area (Å²) in [5.41, 5.74) is -0.356. The number of carboxylic acids is 1. The minimum absolute atomic E-state index is 0.0436. The van der Waals surface area contributed by atoms with Gasteiger partial charge in [-0.25, -0.2) is 0 Å². The first-order chi connectivity index (χ1) is 7.75. The Bertz CT molecular complexity index is 264. The van der Waals surface area contributed by atoms with Crippen LogP contribution in [0.15, 0.2) is 0 Å². The van der Waals surface area contributed by atoms with E-state index in [2.05, 4.69) is 19.2 Å². The molecule has 0 saturated heterocycles. The van der Waals surface area contributed by atoms with E-state index >= 15 is 0 Å². The summed E-state index contributed by atoms with van der Waals surface area (Å²) in [6, 6.07) is 0. The average Bonchev–Trinajstić information content (AvgIpc) is 2.14. The fraction of sp³-hybridized carbons (Fsp3) is 0.833. The van der Waals surface area contributed by atoms with E-state index in [1.165, 1.54) is 11.8 Å². The van der Waals surface area contributed by atoms with E-state index in [1.54, 1.807) is 0 Å². The van der Waals surface area contributed by atoms with E-state index in [0.717, 1.165) is 6.42 Å². The van der Waals surface area contributed by atoms with Gasteiger partial charge in [0.15, 0.2) is 0 Å². The maximum Gasteiger partial charge on any atom is 0.313 e. The molecule has 0 aromatic heterocycles. The number of hydrogen-bond donors (Lipinski definition) is 2. The molecule has 0 aliphatic heterocycles. The molecule has 0 heterocycles. The zero-order valence-corrected chi connectivity index (χ0v) is 11.9. The lowest BCUT2D eigenvalue weighted by Crippen LogP contribution is -2.38. The number of amides is 1.